The third-order valence-corrected chi connectivity index (χ3v) is 5.88. The number of aromatic carboxylic acids is 1. The van der Waals surface area contributed by atoms with Gasteiger partial charge in [-0.3, -0.25) is 0 Å². The Kier molecular flexibility index (Phi) is 4.50. The summed E-state index contributed by atoms with van der Waals surface area (Å²) < 4.78 is 26.9. The van der Waals surface area contributed by atoms with Gasteiger partial charge in [-0.15, -0.1) is 0 Å². The molecule has 1 heterocycles. The van der Waals surface area contributed by atoms with Crippen LogP contribution in [-0.2, 0) is 10.0 Å². The van der Waals surface area contributed by atoms with Crippen molar-refractivity contribution in [2.45, 2.75) is 18.2 Å². The predicted molar refractivity (Wildman–Crippen MR) is 83.3 cm³/mol. The van der Waals surface area contributed by atoms with E-state index in [0.29, 0.717) is 23.1 Å². The van der Waals surface area contributed by atoms with E-state index in [-0.39, 0.29) is 10.5 Å². The molecular formula is C13H14INO4S. The van der Waals surface area contributed by atoms with Crippen LogP contribution in [0.15, 0.2) is 34.7 Å². The molecule has 0 fully saturated rings. The molecule has 0 saturated heterocycles. The quantitative estimate of drug-likeness (QED) is 0.617. The number of carboxylic acid groups (broad SMARTS) is 1. The monoisotopic (exact) mass is 407 g/mol. The van der Waals surface area contributed by atoms with Gasteiger partial charge in [0.2, 0.25) is 10.0 Å². The van der Waals surface area contributed by atoms with Gasteiger partial charge >= 0.3 is 5.97 Å². The molecule has 108 valence electrons. The molecule has 20 heavy (non-hydrogen) atoms. The molecule has 1 N–H and O–H groups in total. The van der Waals surface area contributed by atoms with Crippen LogP contribution >= 0.6 is 22.6 Å². The molecule has 7 heteroatoms. The van der Waals surface area contributed by atoms with Crippen molar-refractivity contribution in [1.29, 1.82) is 0 Å². The number of carbonyl (C=O) groups is 1. The molecule has 0 unspecified atom stereocenters. The summed E-state index contributed by atoms with van der Waals surface area (Å²) in [6.07, 6.45) is 2.70. The maximum absolute atomic E-state index is 12.5. The fourth-order valence-corrected chi connectivity index (χ4v) is 4.15. The number of carboxylic acids is 1. The number of sulfonamides is 1. The number of benzene rings is 1. The van der Waals surface area contributed by atoms with E-state index in [0.717, 1.165) is 5.57 Å². The minimum absolute atomic E-state index is 0.0101. The van der Waals surface area contributed by atoms with Crippen LogP contribution in [0.5, 0.6) is 0 Å². The van der Waals surface area contributed by atoms with Gasteiger partial charge in [-0.05, 0) is 54.1 Å². The Morgan fingerprint density at radius 2 is 2.10 bits per heavy atom. The van der Waals surface area contributed by atoms with Crippen molar-refractivity contribution in [3.05, 3.63) is 39.0 Å². The summed E-state index contributed by atoms with van der Waals surface area (Å²) in [4.78, 5) is 11.1. The SMILES string of the molecule is CC1=CCCN(S(=O)(=O)c2ccc(I)c(C(=O)O)c2)C1. The highest BCUT2D eigenvalue weighted by atomic mass is 127. The molecule has 1 aliphatic rings. The first-order valence-corrected chi connectivity index (χ1v) is 8.53. The second-order valence-electron chi connectivity index (χ2n) is 4.62. The largest absolute Gasteiger partial charge is 0.478 e. The second kappa shape index (κ2) is 5.82. The molecule has 0 aromatic heterocycles. The van der Waals surface area contributed by atoms with Gasteiger partial charge in [0, 0.05) is 16.7 Å². The number of hydrogen-bond donors (Lipinski definition) is 1. The van der Waals surface area contributed by atoms with Crippen molar-refractivity contribution in [3.63, 3.8) is 0 Å². The Balaban J connectivity index is 2.42. The van der Waals surface area contributed by atoms with Crippen molar-refractivity contribution in [1.82, 2.24) is 4.31 Å². The van der Waals surface area contributed by atoms with E-state index in [1.807, 2.05) is 35.6 Å². The lowest BCUT2D eigenvalue weighted by atomic mass is 10.2. The van der Waals surface area contributed by atoms with Gasteiger partial charge in [-0.25, -0.2) is 13.2 Å². The summed E-state index contributed by atoms with van der Waals surface area (Å²) in [6.45, 7) is 2.67. The fraction of sp³-hybridized carbons (Fsp3) is 0.308. The molecule has 0 amide bonds. The number of halogens is 1. The zero-order valence-electron chi connectivity index (χ0n) is 10.8. The average molecular weight is 407 g/mol. The summed E-state index contributed by atoms with van der Waals surface area (Å²) in [5.41, 5.74) is 1.01. The molecule has 2 rings (SSSR count). The highest BCUT2D eigenvalue weighted by Gasteiger charge is 2.27. The van der Waals surface area contributed by atoms with E-state index in [4.69, 9.17) is 5.11 Å². The van der Waals surface area contributed by atoms with Crippen LogP contribution in [0.3, 0.4) is 0 Å². The molecule has 5 nitrogen and oxygen atoms in total. The molecule has 0 saturated carbocycles. The second-order valence-corrected chi connectivity index (χ2v) is 7.72. The maximum Gasteiger partial charge on any atom is 0.336 e. The average Bonchev–Trinajstić information content (AvgIpc) is 2.38. The zero-order chi connectivity index (χ0) is 14.9. The minimum atomic E-state index is -3.64. The summed E-state index contributed by atoms with van der Waals surface area (Å²) in [5, 5.41) is 9.09. The molecule has 0 radical (unpaired) electrons. The zero-order valence-corrected chi connectivity index (χ0v) is 13.8. The summed E-state index contributed by atoms with van der Waals surface area (Å²) in [6, 6.07) is 4.20. The Hall–Kier alpha value is -0.930. The molecular weight excluding hydrogens is 393 g/mol. The third-order valence-electron chi connectivity index (χ3n) is 3.10. The summed E-state index contributed by atoms with van der Waals surface area (Å²) >= 11 is 1.88. The lowest BCUT2D eigenvalue weighted by Gasteiger charge is -2.25. The van der Waals surface area contributed by atoms with Crippen LogP contribution < -0.4 is 0 Å². The van der Waals surface area contributed by atoms with E-state index in [9.17, 15) is 13.2 Å². The maximum atomic E-state index is 12.5. The lowest BCUT2D eigenvalue weighted by Crippen LogP contribution is -2.35. The fourth-order valence-electron chi connectivity index (χ4n) is 2.06. The first-order chi connectivity index (χ1) is 9.32. The van der Waals surface area contributed by atoms with Crippen molar-refractivity contribution >= 4 is 38.6 Å². The van der Waals surface area contributed by atoms with Gasteiger partial charge in [0.25, 0.3) is 0 Å². The molecule has 1 aromatic rings. The van der Waals surface area contributed by atoms with E-state index < -0.39 is 16.0 Å². The van der Waals surface area contributed by atoms with Gasteiger partial charge in [0.1, 0.15) is 0 Å². The van der Waals surface area contributed by atoms with Gasteiger partial charge < -0.3 is 5.11 Å². The molecule has 1 aromatic carbocycles. The topological polar surface area (TPSA) is 74.7 Å². The molecule has 0 atom stereocenters. The van der Waals surface area contributed by atoms with Crippen molar-refractivity contribution in [2.75, 3.05) is 13.1 Å². The molecule has 0 spiro atoms. The lowest BCUT2D eigenvalue weighted by molar-refractivity contribution is 0.0695. The van der Waals surface area contributed by atoms with E-state index >= 15 is 0 Å². The Morgan fingerprint density at radius 1 is 1.40 bits per heavy atom. The van der Waals surface area contributed by atoms with Gasteiger partial charge in [-0.2, -0.15) is 4.31 Å². The molecule has 1 aliphatic heterocycles. The standard InChI is InChI=1S/C13H14INO4S/c1-9-3-2-6-15(8-9)20(18,19)10-4-5-12(14)11(7-10)13(16)17/h3-5,7H,2,6,8H2,1H3,(H,16,17). The van der Waals surface area contributed by atoms with E-state index in [1.165, 1.54) is 22.5 Å². The van der Waals surface area contributed by atoms with E-state index in [2.05, 4.69) is 0 Å². The molecule has 0 bridgehead atoms. The van der Waals surface area contributed by atoms with Crippen LogP contribution in [0.1, 0.15) is 23.7 Å². The van der Waals surface area contributed by atoms with Crippen LogP contribution in [0, 0.1) is 3.57 Å². The Morgan fingerprint density at radius 3 is 2.70 bits per heavy atom. The van der Waals surface area contributed by atoms with Gasteiger partial charge in [0.15, 0.2) is 0 Å². The number of rotatable bonds is 3. The highest BCUT2D eigenvalue weighted by molar-refractivity contribution is 14.1. The number of hydrogen-bond acceptors (Lipinski definition) is 3. The summed E-state index contributed by atoms with van der Waals surface area (Å²) in [5.74, 6) is -1.12. The van der Waals surface area contributed by atoms with Crippen LogP contribution in [0.4, 0.5) is 0 Å². The van der Waals surface area contributed by atoms with Crippen molar-refractivity contribution in [3.8, 4) is 0 Å². The minimum Gasteiger partial charge on any atom is -0.478 e. The first kappa shape index (κ1) is 15.5. The normalized spacial score (nSPS) is 16.8. The number of nitrogens with zero attached hydrogens (tertiary/aromatic N) is 1. The summed E-state index contributed by atoms with van der Waals surface area (Å²) in [7, 11) is -3.64. The van der Waals surface area contributed by atoms with Crippen molar-refractivity contribution in [2.24, 2.45) is 0 Å². The molecule has 0 aliphatic carbocycles. The van der Waals surface area contributed by atoms with Crippen LogP contribution in [0.2, 0.25) is 0 Å². The third kappa shape index (κ3) is 3.04. The van der Waals surface area contributed by atoms with Crippen molar-refractivity contribution < 1.29 is 18.3 Å². The Labute approximate surface area is 131 Å². The van der Waals surface area contributed by atoms with Gasteiger partial charge in [-0.1, -0.05) is 11.6 Å². The first-order valence-electron chi connectivity index (χ1n) is 6.01. The van der Waals surface area contributed by atoms with Crippen LogP contribution in [-0.4, -0.2) is 36.9 Å². The Bertz CT molecular complexity index is 682. The van der Waals surface area contributed by atoms with Gasteiger partial charge in [0.05, 0.1) is 10.5 Å². The van der Waals surface area contributed by atoms with Crippen LogP contribution in [0.25, 0.3) is 0 Å². The predicted octanol–water partition coefficient (Wildman–Crippen LogP) is 2.33. The smallest absolute Gasteiger partial charge is 0.336 e. The highest BCUT2D eigenvalue weighted by Crippen LogP contribution is 2.23. The van der Waals surface area contributed by atoms with E-state index in [1.54, 1.807) is 0 Å².